The highest BCUT2D eigenvalue weighted by atomic mass is 28.4. The number of Topliss-reactive ketones (excluding diaryl/α,β-unsaturated/α-hetero) is 1. The van der Waals surface area contributed by atoms with Crippen LogP contribution in [0.4, 0.5) is 0 Å². The van der Waals surface area contributed by atoms with Gasteiger partial charge in [0, 0.05) is 12.0 Å². The lowest BCUT2D eigenvalue weighted by Gasteiger charge is -2.37. The first-order valence-corrected chi connectivity index (χ1v) is 12.6. The molecule has 3 rings (SSSR count). The van der Waals surface area contributed by atoms with Crippen molar-refractivity contribution in [3.63, 3.8) is 0 Å². The van der Waals surface area contributed by atoms with E-state index in [4.69, 9.17) is 9.16 Å². The summed E-state index contributed by atoms with van der Waals surface area (Å²) in [6.45, 7) is 10.8. The molecule has 148 valence electrons. The van der Waals surface area contributed by atoms with E-state index in [1.807, 2.05) is 42.5 Å². The second kappa shape index (κ2) is 7.64. The normalized spacial score (nSPS) is 17.7. The minimum absolute atomic E-state index is 0.0248. The van der Waals surface area contributed by atoms with E-state index in [0.29, 0.717) is 17.7 Å². The predicted octanol–water partition coefficient (Wildman–Crippen LogP) is 5.42. The fourth-order valence-electron chi connectivity index (χ4n) is 3.03. The standard InChI is InChI=1S/C23H28O4Si/c1-23(2,3)28(4,5)27-20-13-18(21(24)15-20)14-22(25)26-19-11-10-16-8-6-7-9-17(16)12-19/h6-13,20H,14-15H2,1-5H3/t20-/m1/s1. The van der Waals surface area contributed by atoms with Crippen LogP contribution in [0.25, 0.3) is 10.8 Å². The Hall–Kier alpha value is -2.24. The molecule has 0 aliphatic heterocycles. The average molecular weight is 397 g/mol. The summed E-state index contributed by atoms with van der Waals surface area (Å²) in [6, 6.07) is 13.4. The predicted molar refractivity (Wildman–Crippen MR) is 114 cm³/mol. The zero-order chi connectivity index (χ0) is 20.5. The highest BCUT2D eigenvalue weighted by Gasteiger charge is 2.40. The van der Waals surface area contributed by atoms with Crippen molar-refractivity contribution in [1.29, 1.82) is 0 Å². The van der Waals surface area contributed by atoms with Crippen molar-refractivity contribution in [3.8, 4) is 5.75 Å². The molecule has 2 aromatic rings. The molecule has 5 heteroatoms. The molecule has 1 aliphatic rings. The Kier molecular flexibility index (Phi) is 5.59. The van der Waals surface area contributed by atoms with Crippen LogP contribution in [0.5, 0.6) is 5.75 Å². The van der Waals surface area contributed by atoms with Crippen LogP contribution >= 0.6 is 0 Å². The second-order valence-electron chi connectivity index (χ2n) is 8.90. The molecule has 0 spiro atoms. The van der Waals surface area contributed by atoms with Gasteiger partial charge in [-0.25, -0.2) is 0 Å². The van der Waals surface area contributed by atoms with Gasteiger partial charge in [-0.2, -0.15) is 0 Å². The molecule has 0 unspecified atom stereocenters. The van der Waals surface area contributed by atoms with Gasteiger partial charge in [0.2, 0.25) is 0 Å². The highest BCUT2D eigenvalue weighted by molar-refractivity contribution is 6.74. The van der Waals surface area contributed by atoms with Gasteiger partial charge in [-0.05, 0) is 47.1 Å². The van der Waals surface area contributed by atoms with Crippen molar-refractivity contribution in [3.05, 3.63) is 54.1 Å². The first-order chi connectivity index (χ1) is 13.0. The molecule has 0 amide bonds. The van der Waals surface area contributed by atoms with E-state index in [1.54, 1.807) is 6.07 Å². The quantitative estimate of drug-likeness (QED) is 0.384. The fraction of sp³-hybridized carbons (Fsp3) is 0.391. The number of hydrogen-bond donors (Lipinski definition) is 0. The van der Waals surface area contributed by atoms with Crippen LogP contribution in [0.15, 0.2) is 54.1 Å². The third-order valence-corrected chi connectivity index (χ3v) is 10.2. The summed E-state index contributed by atoms with van der Waals surface area (Å²) >= 11 is 0. The molecule has 0 saturated carbocycles. The summed E-state index contributed by atoms with van der Waals surface area (Å²) in [5.74, 6) is 0.0332. The number of benzene rings is 2. The Morgan fingerprint density at radius 3 is 2.46 bits per heavy atom. The van der Waals surface area contributed by atoms with Gasteiger partial charge < -0.3 is 9.16 Å². The summed E-state index contributed by atoms with van der Waals surface area (Å²) < 4.78 is 11.8. The van der Waals surface area contributed by atoms with Crippen molar-refractivity contribution in [1.82, 2.24) is 0 Å². The molecule has 4 nitrogen and oxygen atoms in total. The smallest absolute Gasteiger partial charge is 0.315 e. The molecule has 0 bridgehead atoms. The van der Waals surface area contributed by atoms with Crippen LogP contribution in [0.2, 0.25) is 18.1 Å². The molecule has 28 heavy (non-hydrogen) atoms. The molecule has 2 aromatic carbocycles. The van der Waals surface area contributed by atoms with E-state index in [2.05, 4.69) is 33.9 Å². The number of ketones is 1. The maximum Gasteiger partial charge on any atom is 0.315 e. The zero-order valence-corrected chi connectivity index (χ0v) is 18.2. The van der Waals surface area contributed by atoms with Crippen molar-refractivity contribution in [2.24, 2.45) is 0 Å². The van der Waals surface area contributed by atoms with Gasteiger partial charge >= 0.3 is 5.97 Å². The number of fused-ring (bicyclic) bond motifs is 1. The summed E-state index contributed by atoms with van der Waals surface area (Å²) in [5.41, 5.74) is 0.495. The van der Waals surface area contributed by atoms with Crippen LogP contribution in [-0.4, -0.2) is 26.2 Å². The second-order valence-corrected chi connectivity index (χ2v) is 13.7. The van der Waals surface area contributed by atoms with Crippen molar-refractivity contribution in [2.75, 3.05) is 0 Å². The maximum atomic E-state index is 12.4. The lowest BCUT2D eigenvalue weighted by molar-refractivity contribution is -0.134. The van der Waals surface area contributed by atoms with Gasteiger partial charge in [0.15, 0.2) is 14.1 Å². The minimum Gasteiger partial charge on any atom is -0.426 e. The molecule has 1 atom stereocenters. The molecule has 0 N–H and O–H groups in total. The lowest BCUT2D eigenvalue weighted by atomic mass is 10.1. The van der Waals surface area contributed by atoms with Crippen molar-refractivity contribution < 1.29 is 18.8 Å². The third-order valence-electron chi connectivity index (χ3n) is 5.67. The number of rotatable bonds is 5. The van der Waals surface area contributed by atoms with Gasteiger partial charge in [0.05, 0.1) is 12.5 Å². The molecule has 0 saturated heterocycles. The molecule has 0 aromatic heterocycles. The van der Waals surface area contributed by atoms with E-state index < -0.39 is 14.3 Å². The van der Waals surface area contributed by atoms with E-state index in [9.17, 15) is 9.59 Å². The molecule has 0 fully saturated rings. The Bertz CT molecular complexity index is 937. The lowest BCUT2D eigenvalue weighted by Crippen LogP contribution is -2.43. The molecule has 0 radical (unpaired) electrons. The van der Waals surface area contributed by atoms with Crippen LogP contribution in [0, 0.1) is 0 Å². The van der Waals surface area contributed by atoms with Crippen molar-refractivity contribution in [2.45, 2.75) is 57.8 Å². The molecular weight excluding hydrogens is 368 g/mol. The molecule has 1 aliphatic carbocycles. The minimum atomic E-state index is -1.97. The summed E-state index contributed by atoms with van der Waals surface area (Å²) in [7, 11) is -1.97. The Morgan fingerprint density at radius 1 is 1.11 bits per heavy atom. The van der Waals surface area contributed by atoms with Gasteiger partial charge in [-0.3, -0.25) is 9.59 Å². The van der Waals surface area contributed by atoms with Gasteiger partial charge in [0.1, 0.15) is 5.75 Å². The summed E-state index contributed by atoms with van der Waals surface area (Å²) in [4.78, 5) is 24.7. The van der Waals surface area contributed by atoms with Gasteiger partial charge in [-0.15, -0.1) is 0 Å². The number of esters is 1. The third kappa shape index (κ3) is 4.59. The van der Waals surface area contributed by atoms with Gasteiger partial charge in [0.25, 0.3) is 0 Å². The summed E-state index contributed by atoms with van der Waals surface area (Å²) in [5, 5.41) is 2.16. The molecule has 0 heterocycles. The monoisotopic (exact) mass is 396 g/mol. The van der Waals surface area contributed by atoms with Crippen LogP contribution in [-0.2, 0) is 14.0 Å². The molecular formula is C23H28O4Si. The van der Waals surface area contributed by atoms with E-state index in [1.165, 1.54) is 0 Å². The maximum absolute atomic E-state index is 12.4. The van der Waals surface area contributed by atoms with Crippen LogP contribution in [0.1, 0.15) is 33.6 Å². The topological polar surface area (TPSA) is 52.6 Å². The van der Waals surface area contributed by atoms with E-state index in [0.717, 1.165) is 10.8 Å². The Balaban J connectivity index is 1.65. The van der Waals surface area contributed by atoms with Crippen molar-refractivity contribution >= 4 is 30.8 Å². The van der Waals surface area contributed by atoms with Gasteiger partial charge in [-0.1, -0.05) is 51.1 Å². The zero-order valence-electron chi connectivity index (χ0n) is 17.2. The Morgan fingerprint density at radius 2 is 1.79 bits per heavy atom. The average Bonchev–Trinajstić information content (AvgIpc) is 2.92. The van der Waals surface area contributed by atoms with E-state index >= 15 is 0 Å². The Labute approximate surface area is 167 Å². The number of carbonyl (C=O) groups is 2. The largest absolute Gasteiger partial charge is 0.426 e. The van der Waals surface area contributed by atoms with Crippen LogP contribution < -0.4 is 4.74 Å². The van der Waals surface area contributed by atoms with E-state index in [-0.39, 0.29) is 23.3 Å². The number of hydrogen-bond acceptors (Lipinski definition) is 4. The first kappa shape index (κ1) is 20.5. The van der Waals surface area contributed by atoms with Crippen LogP contribution in [0.3, 0.4) is 0 Å². The highest BCUT2D eigenvalue weighted by Crippen LogP contribution is 2.39. The summed E-state index contributed by atoms with van der Waals surface area (Å²) in [6.07, 6.45) is 1.86. The number of ether oxygens (including phenoxy) is 1. The fourth-order valence-corrected chi connectivity index (χ4v) is 4.29. The number of carbonyl (C=O) groups excluding carboxylic acids is 2. The first-order valence-electron chi connectivity index (χ1n) is 9.66. The SMILES string of the molecule is CC(C)(C)[Si](C)(C)O[C@@H]1C=C(CC(=O)Oc2ccc3ccccc3c2)C(=O)C1.